The van der Waals surface area contributed by atoms with E-state index in [0.29, 0.717) is 35.5 Å². The molecule has 29 heavy (non-hydrogen) atoms. The van der Waals surface area contributed by atoms with Gasteiger partial charge in [0, 0.05) is 23.9 Å². The number of carbonyl (C=O) groups excluding carboxylic acids is 1. The van der Waals surface area contributed by atoms with Gasteiger partial charge in [-0.15, -0.1) is 10.2 Å². The maximum Gasteiger partial charge on any atom is 0.234 e. The number of benzene rings is 2. The van der Waals surface area contributed by atoms with Gasteiger partial charge in [-0.3, -0.25) is 4.79 Å². The summed E-state index contributed by atoms with van der Waals surface area (Å²) in [6.45, 7) is 3.27. The fourth-order valence-corrected chi connectivity index (χ4v) is 4.28. The highest BCUT2D eigenvalue weighted by molar-refractivity contribution is 8.01. The lowest BCUT2D eigenvalue weighted by molar-refractivity contribution is -0.113. The quantitative estimate of drug-likeness (QED) is 0.560. The number of hydrogen-bond acceptors (Lipinski definition) is 8. The van der Waals surface area contributed by atoms with E-state index in [1.807, 2.05) is 43.3 Å². The van der Waals surface area contributed by atoms with E-state index in [9.17, 15) is 4.79 Å². The molecule has 7 nitrogen and oxygen atoms in total. The third-order valence-corrected chi connectivity index (χ3v) is 6.12. The Kier molecular flexibility index (Phi) is 6.16. The van der Waals surface area contributed by atoms with Crippen LogP contribution in [0.1, 0.15) is 12.0 Å². The van der Waals surface area contributed by atoms with Gasteiger partial charge in [0.25, 0.3) is 0 Å². The molecule has 0 atom stereocenters. The van der Waals surface area contributed by atoms with E-state index in [2.05, 4.69) is 20.8 Å². The summed E-state index contributed by atoms with van der Waals surface area (Å²) in [5, 5.41) is 15.1. The lowest BCUT2D eigenvalue weighted by Crippen LogP contribution is -2.14. The van der Waals surface area contributed by atoms with E-state index in [1.165, 1.54) is 23.1 Å². The molecule has 4 rings (SSSR count). The number of nitrogens with zero attached hydrogens (tertiary/aromatic N) is 2. The number of carbonyl (C=O) groups is 1. The molecule has 0 radical (unpaired) electrons. The predicted octanol–water partition coefficient (Wildman–Crippen LogP) is 4.48. The van der Waals surface area contributed by atoms with Crippen LogP contribution in [0.2, 0.25) is 0 Å². The summed E-state index contributed by atoms with van der Waals surface area (Å²) >= 11 is 2.77. The van der Waals surface area contributed by atoms with Crippen molar-refractivity contribution < 1.29 is 14.3 Å². The number of aryl methyl sites for hydroxylation is 1. The van der Waals surface area contributed by atoms with Gasteiger partial charge in [-0.2, -0.15) is 0 Å². The molecule has 0 spiro atoms. The number of rotatable bonds is 6. The molecule has 2 heterocycles. The van der Waals surface area contributed by atoms with Crippen LogP contribution in [0.5, 0.6) is 11.5 Å². The summed E-state index contributed by atoms with van der Waals surface area (Å²) in [5.74, 6) is 1.49. The lowest BCUT2D eigenvalue weighted by Gasteiger charge is -2.10. The van der Waals surface area contributed by atoms with Crippen molar-refractivity contribution in [1.29, 1.82) is 0 Å². The molecule has 1 aromatic heterocycles. The summed E-state index contributed by atoms with van der Waals surface area (Å²) < 4.78 is 12.0. The summed E-state index contributed by atoms with van der Waals surface area (Å²) in [7, 11) is 0. The molecule has 1 aliphatic heterocycles. The second kappa shape index (κ2) is 9.15. The molecule has 150 valence electrons. The van der Waals surface area contributed by atoms with Crippen LogP contribution in [0.15, 0.2) is 46.8 Å². The highest BCUT2D eigenvalue weighted by Crippen LogP contribution is 2.33. The number of fused-ring (bicyclic) bond motifs is 1. The summed E-state index contributed by atoms with van der Waals surface area (Å²) in [6.07, 6.45) is 0.843. The van der Waals surface area contributed by atoms with Gasteiger partial charge < -0.3 is 20.1 Å². The van der Waals surface area contributed by atoms with E-state index < -0.39 is 0 Å². The number of anilines is 3. The molecular formula is C20H20N4O3S2. The van der Waals surface area contributed by atoms with Gasteiger partial charge in [-0.05, 0) is 30.7 Å². The molecule has 1 amide bonds. The van der Waals surface area contributed by atoms with Crippen LogP contribution in [0.25, 0.3) is 0 Å². The molecule has 2 aromatic carbocycles. The van der Waals surface area contributed by atoms with Crippen LogP contribution in [-0.2, 0) is 4.79 Å². The van der Waals surface area contributed by atoms with Gasteiger partial charge in [0.15, 0.2) is 15.8 Å². The molecule has 3 aromatic rings. The third-order valence-electron chi connectivity index (χ3n) is 4.15. The van der Waals surface area contributed by atoms with Crippen molar-refractivity contribution in [2.45, 2.75) is 17.7 Å². The first-order valence-electron chi connectivity index (χ1n) is 9.16. The number of hydrogen-bond donors (Lipinski definition) is 2. The van der Waals surface area contributed by atoms with E-state index in [0.717, 1.165) is 22.0 Å². The zero-order chi connectivity index (χ0) is 20.1. The Hall–Kier alpha value is -2.78. The number of ether oxygens (including phenoxy) is 2. The van der Waals surface area contributed by atoms with Gasteiger partial charge in [-0.25, -0.2) is 0 Å². The van der Waals surface area contributed by atoms with Crippen molar-refractivity contribution >= 4 is 45.5 Å². The van der Waals surface area contributed by atoms with E-state index in [-0.39, 0.29) is 11.7 Å². The van der Waals surface area contributed by atoms with Crippen molar-refractivity contribution in [2.75, 3.05) is 29.6 Å². The van der Waals surface area contributed by atoms with Crippen LogP contribution in [0.3, 0.4) is 0 Å². The van der Waals surface area contributed by atoms with Crippen LogP contribution >= 0.6 is 23.1 Å². The molecule has 0 bridgehead atoms. The standard InChI is InChI=1S/C20H20N4O3S2/c1-13-5-2-3-6-15(13)22-19-23-24-20(29-19)28-12-18(25)21-14-7-8-16-17(11-14)27-10-4-9-26-16/h2-3,5-8,11H,4,9-10,12H2,1H3,(H,21,25)(H,22,23). The highest BCUT2D eigenvalue weighted by Gasteiger charge is 2.13. The molecular weight excluding hydrogens is 408 g/mol. The van der Waals surface area contributed by atoms with Crippen LogP contribution in [-0.4, -0.2) is 35.1 Å². The van der Waals surface area contributed by atoms with Crippen LogP contribution in [0.4, 0.5) is 16.5 Å². The minimum Gasteiger partial charge on any atom is -0.490 e. The van der Waals surface area contributed by atoms with Crippen molar-refractivity contribution in [3.05, 3.63) is 48.0 Å². The summed E-state index contributed by atoms with van der Waals surface area (Å²) in [5.41, 5.74) is 2.80. The molecule has 0 saturated carbocycles. The molecule has 0 saturated heterocycles. The second-order valence-electron chi connectivity index (χ2n) is 6.36. The zero-order valence-electron chi connectivity index (χ0n) is 15.8. The van der Waals surface area contributed by atoms with Gasteiger partial charge >= 0.3 is 0 Å². The average Bonchev–Trinajstić information content (AvgIpc) is 3.03. The topological polar surface area (TPSA) is 85.4 Å². The Morgan fingerprint density at radius 2 is 1.97 bits per heavy atom. The summed E-state index contributed by atoms with van der Waals surface area (Å²) in [4.78, 5) is 12.3. The maximum atomic E-state index is 12.3. The lowest BCUT2D eigenvalue weighted by atomic mass is 10.2. The first-order valence-corrected chi connectivity index (χ1v) is 11.0. The first-order chi connectivity index (χ1) is 14.2. The number of thioether (sulfide) groups is 1. The fourth-order valence-electron chi connectivity index (χ4n) is 2.71. The molecule has 0 aliphatic carbocycles. The Morgan fingerprint density at radius 3 is 2.83 bits per heavy atom. The van der Waals surface area contributed by atoms with Gasteiger partial charge in [0.1, 0.15) is 0 Å². The SMILES string of the molecule is Cc1ccccc1Nc1nnc(SCC(=O)Nc2ccc3c(c2)OCCCO3)s1. The molecule has 0 unspecified atom stereocenters. The molecule has 1 aliphatic rings. The smallest absolute Gasteiger partial charge is 0.234 e. The van der Waals surface area contributed by atoms with Crippen molar-refractivity contribution in [2.24, 2.45) is 0 Å². The number of nitrogens with one attached hydrogen (secondary N) is 2. The molecule has 9 heteroatoms. The fraction of sp³-hybridized carbons (Fsp3) is 0.250. The second-order valence-corrected chi connectivity index (χ2v) is 8.56. The highest BCUT2D eigenvalue weighted by atomic mass is 32.2. The van der Waals surface area contributed by atoms with E-state index in [1.54, 1.807) is 6.07 Å². The van der Waals surface area contributed by atoms with Crippen LogP contribution < -0.4 is 20.1 Å². The monoisotopic (exact) mass is 428 g/mol. The van der Waals surface area contributed by atoms with Gasteiger partial charge in [0.2, 0.25) is 11.0 Å². The number of amides is 1. The Balaban J connectivity index is 1.30. The van der Waals surface area contributed by atoms with Gasteiger partial charge in [0.05, 0.1) is 19.0 Å². The van der Waals surface area contributed by atoms with Crippen LogP contribution in [0, 0.1) is 6.92 Å². The minimum absolute atomic E-state index is 0.117. The number of aromatic nitrogens is 2. The average molecular weight is 429 g/mol. The van der Waals surface area contributed by atoms with Crippen molar-refractivity contribution in [3.63, 3.8) is 0 Å². The Morgan fingerprint density at radius 1 is 1.14 bits per heavy atom. The van der Waals surface area contributed by atoms with Crippen molar-refractivity contribution in [3.8, 4) is 11.5 Å². The van der Waals surface area contributed by atoms with Crippen molar-refractivity contribution in [1.82, 2.24) is 10.2 Å². The predicted molar refractivity (Wildman–Crippen MR) is 116 cm³/mol. The largest absolute Gasteiger partial charge is 0.490 e. The minimum atomic E-state index is -0.117. The Labute approximate surface area is 176 Å². The van der Waals surface area contributed by atoms with E-state index >= 15 is 0 Å². The van der Waals surface area contributed by atoms with Gasteiger partial charge in [-0.1, -0.05) is 41.3 Å². The third kappa shape index (κ3) is 5.18. The number of para-hydroxylation sites is 1. The summed E-state index contributed by atoms with van der Waals surface area (Å²) in [6, 6.07) is 13.4. The zero-order valence-corrected chi connectivity index (χ0v) is 17.4. The Bertz CT molecular complexity index is 1010. The first kappa shape index (κ1) is 19.5. The normalized spacial score (nSPS) is 12.9. The maximum absolute atomic E-state index is 12.3. The van der Waals surface area contributed by atoms with E-state index in [4.69, 9.17) is 9.47 Å². The molecule has 2 N–H and O–H groups in total. The molecule has 0 fully saturated rings.